The minimum Gasteiger partial charge on any atom is -0.461 e. The predicted molar refractivity (Wildman–Crippen MR) is 94.2 cm³/mol. The first-order valence-corrected chi connectivity index (χ1v) is 7.76. The summed E-state index contributed by atoms with van der Waals surface area (Å²) in [7, 11) is 0. The van der Waals surface area contributed by atoms with Crippen molar-refractivity contribution < 1.29 is 14.0 Å². The number of allylic oxidation sites excluding steroid dienone is 1. The van der Waals surface area contributed by atoms with Gasteiger partial charge in [0.05, 0.1) is 17.5 Å². The molecule has 2 aromatic rings. The molecule has 130 valence electrons. The zero-order valence-electron chi connectivity index (χ0n) is 13.4. The molecule has 1 fully saturated rings. The molecule has 4 rings (SSSR count). The Morgan fingerprint density at radius 2 is 2.00 bits per heavy atom. The zero-order valence-corrected chi connectivity index (χ0v) is 13.4. The molecule has 1 aromatic heterocycles. The van der Waals surface area contributed by atoms with E-state index in [2.05, 4.69) is 21.1 Å². The number of carbonyl (C=O) groups excluding carboxylic acids is 2. The summed E-state index contributed by atoms with van der Waals surface area (Å²) in [5.41, 5.74) is 6.16. The Bertz CT molecular complexity index is 946. The molecule has 0 radical (unpaired) electrons. The van der Waals surface area contributed by atoms with Crippen LogP contribution in [0.25, 0.3) is 0 Å². The summed E-state index contributed by atoms with van der Waals surface area (Å²) in [4.78, 5) is 25.0. The third kappa shape index (κ3) is 2.51. The summed E-state index contributed by atoms with van der Waals surface area (Å²) < 4.78 is 5.16. The number of nitrogens with zero attached hydrogens (tertiary/aromatic N) is 3. The average molecular weight is 350 g/mol. The Balaban J connectivity index is 1.85. The Morgan fingerprint density at radius 1 is 1.19 bits per heavy atom. The third-order valence-electron chi connectivity index (χ3n) is 4.01. The molecular formula is C17H14N6O3. The van der Waals surface area contributed by atoms with Gasteiger partial charge in [0.1, 0.15) is 11.8 Å². The van der Waals surface area contributed by atoms with E-state index in [0.717, 1.165) is 0 Å². The number of anilines is 1. The minimum atomic E-state index is -0.677. The van der Waals surface area contributed by atoms with Gasteiger partial charge in [0.2, 0.25) is 5.78 Å². The normalized spacial score (nSPS) is 20.6. The first-order valence-electron chi connectivity index (χ1n) is 7.76. The van der Waals surface area contributed by atoms with Gasteiger partial charge in [0.25, 0.3) is 5.91 Å². The summed E-state index contributed by atoms with van der Waals surface area (Å²) in [6.45, 7) is 0. The van der Waals surface area contributed by atoms with Gasteiger partial charge in [0, 0.05) is 0 Å². The van der Waals surface area contributed by atoms with Crippen LogP contribution in [0.1, 0.15) is 10.6 Å². The second-order valence-electron chi connectivity index (χ2n) is 5.57. The molecule has 1 amide bonds. The lowest BCUT2D eigenvalue weighted by Crippen LogP contribution is -2.61. The number of amidine groups is 1. The van der Waals surface area contributed by atoms with Crippen molar-refractivity contribution in [2.45, 2.75) is 6.04 Å². The van der Waals surface area contributed by atoms with E-state index in [0.29, 0.717) is 17.1 Å². The van der Waals surface area contributed by atoms with Crippen molar-refractivity contribution >= 4 is 28.9 Å². The van der Waals surface area contributed by atoms with Gasteiger partial charge in [0.15, 0.2) is 11.6 Å². The van der Waals surface area contributed by atoms with Crippen LogP contribution in [0.3, 0.4) is 0 Å². The maximum atomic E-state index is 12.7. The first kappa shape index (κ1) is 15.6. The van der Waals surface area contributed by atoms with E-state index >= 15 is 0 Å². The van der Waals surface area contributed by atoms with E-state index < -0.39 is 17.7 Å². The molecule has 26 heavy (non-hydrogen) atoms. The molecule has 0 spiro atoms. The quantitative estimate of drug-likeness (QED) is 0.421. The first-order chi connectivity index (χ1) is 12.7. The number of carbonyl (C=O) groups is 2. The van der Waals surface area contributed by atoms with Crippen molar-refractivity contribution in [2.24, 2.45) is 16.0 Å². The average Bonchev–Trinajstić information content (AvgIpc) is 3.23. The summed E-state index contributed by atoms with van der Waals surface area (Å²) >= 11 is 0. The van der Waals surface area contributed by atoms with Gasteiger partial charge < -0.3 is 10.3 Å². The molecule has 1 aromatic carbocycles. The van der Waals surface area contributed by atoms with Gasteiger partial charge >= 0.3 is 0 Å². The number of nitrogens with one attached hydrogen (secondary N) is 2. The number of Topliss-reactive ketones (excluding diaryl/α,β-unsaturated/α-hetero) is 1. The van der Waals surface area contributed by atoms with Crippen molar-refractivity contribution in [3.8, 4) is 0 Å². The lowest BCUT2D eigenvalue weighted by atomic mass is 9.97. The number of nitrogens with two attached hydrogens (primary N) is 1. The van der Waals surface area contributed by atoms with Crippen LogP contribution in [0.2, 0.25) is 0 Å². The standard InChI is InChI=1S/C17H14N6O3/c18-19-16-14-11(17(25)21-20-16)9-12(15(24)13-7-4-8-26-13)22-23(14)10-5-2-1-3-6-10/h1-9,14H,18H2,(H,19,20)(H,21,25). The van der Waals surface area contributed by atoms with E-state index in [-0.39, 0.29) is 11.5 Å². The SMILES string of the molecule is N/N=C1\NNC(=O)C2=CC(C(=O)c3ccco3)=NN(c3ccccc3)C21. The molecule has 0 bridgehead atoms. The van der Waals surface area contributed by atoms with Crippen molar-refractivity contribution in [1.29, 1.82) is 0 Å². The fraction of sp³-hybridized carbons (Fsp3) is 0.0588. The smallest absolute Gasteiger partial charge is 0.268 e. The molecule has 1 saturated heterocycles. The Morgan fingerprint density at radius 3 is 2.69 bits per heavy atom. The number of amides is 1. The molecule has 1 atom stereocenters. The highest BCUT2D eigenvalue weighted by Gasteiger charge is 2.40. The molecule has 9 nitrogen and oxygen atoms in total. The third-order valence-corrected chi connectivity index (χ3v) is 4.01. The van der Waals surface area contributed by atoms with Crippen LogP contribution in [0, 0.1) is 0 Å². The van der Waals surface area contributed by atoms with E-state index in [9.17, 15) is 9.59 Å². The number of ketones is 1. The number of hydrogen-bond acceptors (Lipinski definition) is 7. The molecule has 2 aliphatic rings. The van der Waals surface area contributed by atoms with E-state index in [1.54, 1.807) is 6.07 Å². The molecule has 2 aliphatic heterocycles. The molecule has 3 heterocycles. The Kier molecular flexibility index (Phi) is 3.73. The number of furan rings is 1. The summed E-state index contributed by atoms with van der Waals surface area (Å²) in [6.07, 6.45) is 2.83. The number of hydrazine groups is 1. The minimum absolute atomic E-state index is 0.0727. The van der Waals surface area contributed by atoms with Crippen molar-refractivity contribution in [3.63, 3.8) is 0 Å². The molecule has 4 N–H and O–H groups in total. The van der Waals surface area contributed by atoms with Gasteiger partial charge in [-0.25, -0.2) is 5.01 Å². The van der Waals surface area contributed by atoms with Crippen molar-refractivity contribution in [2.75, 3.05) is 5.01 Å². The summed E-state index contributed by atoms with van der Waals surface area (Å²) in [6, 6.07) is 11.6. The predicted octanol–water partition coefficient (Wildman–Crippen LogP) is 0.540. The zero-order chi connectivity index (χ0) is 18.1. The van der Waals surface area contributed by atoms with Gasteiger partial charge in [-0.15, -0.1) is 0 Å². The summed E-state index contributed by atoms with van der Waals surface area (Å²) in [5, 5.41) is 9.66. The fourth-order valence-electron chi connectivity index (χ4n) is 2.81. The van der Waals surface area contributed by atoms with Crippen LogP contribution in [0.4, 0.5) is 5.69 Å². The number of benzene rings is 1. The second kappa shape index (κ2) is 6.20. The van der Waals surface area contributed by atoms with Gasteiger partial charge in [-0.2, -0.15) is 10.2 Å². The van der Waals surface area contributed by atoms with Crippen LogP contribution in [0.5, 0.6) is 0 Å². The van der Waals surface area contributed by atoms with E-state index in [4.69, 9.17) is 10.3 Å². The maximum Gasteiger partial charge on any atom is 0.268 e. The largest absolute Gasteiger partial charge is 0.461 e. The Hall–Kier alpha value is -3.88. The summed E-state index contributed by atoms with van der Waals surface area (Å²) in [5.74, 6) is 5.06. The lowest BCUT2D eigenvalue weighted by molar-refractivity contribution is -0.118. The van der Waals surface area contributed by atoms with Crippen LogP contribution >= 0.6 is 0 Å². The highest BCUT2D eigenvalue weighted by molar-refractivity contribution is 6.50. The number of para-hydroxylation sites is 1. The van der Waals surface area contributed by atoms with E-state index in [1.165, 1.54) is 23.4 Å². The number of hydrazone groups is 2. The van der Waals surface area contributed by atoms with Crippen LogP contribution < -0.4 is 21.7 Å². The molecule has 0 aliphatic carbocycles. The topological polar surface area (TPSA) is 125 Å². The van der Waals surface area contributed by atoms with Crippen molar-refractivity contribution in [1.82, 2.24) is 10.9 Å². The number of fused-ring (bicyclic) bond motifs is 1. The van der Waals surface area contributed by atoms with Crippen LogP contribution in [-0.2, 0) is 4.79 Å². The second-order valence-corrected chi connectivity index (χ2v) is 5.57. The monoisotopic (exact) mass is 350 g/mol. The van der Waals surface area contributed by atoms with Gasteiger partial charge in [-0.1, -0.05) is 18.2 Å². The molecule has 9 heteroatoms. The van der Waals surface area contributed by atoms with Crippen LogP contribution in [-0.4, -0.2) is 29.3 Å². The van der Waals surface area contributed by atoms with Gasteiger partial charge in [-0.05, 0) is 30.3 Å². The number of rotatable bonds is 3. The highest BCUT2D eigenvalue weighted by atomic mass is 16.3. The highest BCUT2D eigenvalue weighted by Crippen LogP contribution is 2.27. The molecule has 0 saturated carbocycles. The molecule has 1 unspecified atom stereocenters. The maximum absolute atomic E-state index is 12.7. The lowest BCUT2D eigenvalue weighted by Gasteiger charge is -2.37. The van der Waals surface area contributed by atoms with Gasteiger partial charge in [-0.3, -0.25) is 20.4 Å². The number of hydrogen-bond donors (Lipinski definition) is 3. The molecular weight excluding hydrogens is 336 g/mol. The Labute approximate surface area is 147 Å². The van der Waals surface area contributed by atoms with Crippen LogP contribution in [0.15, 0.2) is 75.0 Å². The van der Waals surface area contributed by atoms with Crippen molar-refractivity contribution in [3.05, 3.63) is 66.1 Å². The van der Waals surface area contributed by atoms with E-state index in [1.807, 2.05) is 30.3 Å². The fourth-order valence-corrected chi connectivity index (χ4v) is 2.81.